The number of alkyl halides is 1. The maximum Gasteiger partial charge on any atom is 0.274 e. The van der Waals surface area contributed by atoms with Crippen molar-refractivity contribution in [1.29, 1.82) is 0 Å². The van der Waals surface area contributed by atoms with Gasteiger partial charge in [-0.1, -0.05) is 56.4 Å². The van der Waals surface area contributed by atoms with Crippen LogP contribution in [0.3, 0.4) is 0 Å². The van der Waals surface area contributed by atoms with Gasteiger partial charge in [0, 0.05) is 24.6 Å². The molecule has 34 heavy (non-hydrogen) atoms. The molecule has 1 aliphatic heterocycles. The number of fused-ring (bicyclic) bond motifs is 1. The predicted molar refractivity (Wildman–Crippen MR) is 127 cm³/mol. The maximum atomic E-state index is 13.4. The summed E-state index contributed by atoms with van der Waals surface area (Å²) in [6.45, 7) is -0.786. The van der Waals surface area contributed by atoms with Crippen LogP contribution in [0.2, 0.25) is 0 Å². The molecular formula is C25H34FN5O3. The van der Waals surface area contributed by atoms with Crippen molar-refractivity contribution in [3.05, 3.63) is 41.6 Å². The number of aromatic nitrogens is 2. The number of aryl methyl sites for hydroxylation is 1. The van der Waals surface area contributed by atoms with Crippen LogP contribution in [0.25, 0.3) is 11.3 Å². The third-order valence-corrected chi connectivity index (χ3v) is 6.91. The molecule has 184 valence electrons. The largest absolute Gasteiger partial charge is 0.395 e. The molecule has 1 atom stereocenters. The van der Waals surface area contributed by atoms with Gasteiger partial charge in [-0.05, 0) is 24.5 Å². The first-order valence-corrected chi connectivity index (χ1v) is 12.2. The van der Waals surface area contributed by atoms with E-state index in [1.807, 2.05) is 24.3 Å². The molecule has 8 nitrogen and oxygen atoms in total. The van der Waals surface area contributed by atoms with Crippen molar-refractivity contribution in [2.45, 2.75) is 69.6 Å². The van der Waals surface area contributed by atoms with Crippen LogP contribution < -0.4 is 11.1 Å². The number of carbonyl (C=O) groups excluding carboxylic acids is 2. The van der Waals surface area contributed by atoms with Crippen molar-refractivity contribution >= 4 is 11.8 Å². The molecule has 4 rings (SSSR count). The van der Waals surface area contributed by atoms with Crippen LogP contribution in [0.1, 0.15) is 61.0 Å². The SMILES string of the molecule is NC1(C(=O)NC2CCCCCCC2)Cn2nc(-c3ccc(CCF)cc3)cc2C(=O)N1CCO. The summed E-state index contributed by atoms with van der Waals surface area (Å²) in [5.74, 6) is -0.860. The fraction of sp³-hybridized carbons (Fsp3) is 0.560. The molecule has 0 spiro atoms. The standard InChI is InChI=1S/C25H34FN5O3/c26-13-12-18-8-10-19(11-9-18)21-16-22-23(33)30(14-15-32)25(27,17-31(22)29-21)24(34)28-20-6-4-2-1-3-5-7-20/h8-11,16,20,32H,1-7,12-15,17,27H2,(H,28,34). The second-order valence-corrected chi connectivity index (χ2v) is 9.33. The Morgan fingerprint density at radius 3 is 2.50 bits per heavy atom. The van der Waals surface area contributed by atoms with Crippen LogP contribution in [-0.2, 0) is 17.8 Å². The van der Waals surface area contributed by atoms with Crippen LogP contribution in [0.4, 0.5) is 4.39 Å². The van der Waals surface area contributed by atoms with Crippen LogP contribution in [0.15, 0.2) is 30.3 Å². The summed E-state index contributed by atoms with van der Waals surface area (Å²) in [5.41, 5.74) is 7.52. The van der Waals surface area contributed by atoms with E-state index in [-0.39, 0.29) is 25.7 Å². The molecule has 1 saturated carbocycles. The van der Waals surface area contributed by atoms with E-state index in [1.165, 1.54) is 16.0 Å². The van der Waals surface area contributed by atoms with Crippen molar-refractivity contribution in [2.24, 2.45) is 5.73 Å². The highest BCUT2D eigenvalue weighted by Crippen LogP contribution is 2.28. The second-order valence-electron chi connectivity index (χ2n) is 9.33. The first-order valence-electron chi connectivity index (χ1n) is 12.2. The Morgan fingerprint density at radius 1 is 1.18 bits per heavy atom. The van der Waals surface area contributed by atoms with Gasteiger partial charge >= 0.3 is 0 Å². The average molecular weight is 472 g/mol. The zero-order chi connectivity index (χ0) is 24.1. The number of nitrogens with one attached hydrogen (secondary N) is 1. The molecular weight excluding hydrogens is 437 g/mol. The van der Waals surface area contributed by atoms with Crippen LogP contribution in [-0.4, -0.2) is 63.1 Å². The quantitative estimate of drug-likeness (QED) is 0.574. The first kappa shape index (κ1) is 24.3. The number of rotatable bonds is 7. The van der Waals surface area contributed by atoms with Gasteiger partial charge in [0.2, 0.25) is 0 Å². The number of aliphatic hydroxyl groups is 1. The number of β-amino-alcohol motifs (C(OH)–C–C–N with tert-alkyl or cyclic N) is 1. The number of amides is 2. The van der Waals surface area contributed by atoms with Crippen LogP contribution >= 0.6 is 0 Å². The average Bonchev–Trinajstić information content (AvgIpc) is 3.23. The molecule has 0 saturated heterocycles. The van der Waals surface area contributed by atoms with Gasteiger partial charge < -0.3 is 15.3 Å². The van der Waals surface area contributed by atoms with Gasteiger partial charge in [-0.2, -0.15) is 5.10 Å². The lowest BCUT2D eigenvalue weighted by molar-refractivity contribution is -0.135. The van der Waals surface area contributed by atoms with Gasteiger partial charge in [0.15, 0.2) is 5.66 Å². The molecule has 2 amide bonds. The van der Waals surface area contributed by atoms with Crippen molar-refractivity contribution in [3.8, 4) is 11.3 Å². The Morgan fingerprint density at radius 2 is 1.85 bits per heavy atom. The Labute approximate surface area is 199 Å². The zero-order valence-electron chi connectivity index (χ0n) is 19.5. The normalized spacial score (nSPS) is 21.6. The molecule has 1 aliphatic carbocycles. The van der Waals surface area contributed by atoms with E-state index in [9.17, 15) is 19.1 Å². The number of nitrogens with zero attached hydrogens (tertiary/aromatic N) is 3. The van der Waals surface area contributed by atoms with E-state index < -0.39 is 24.2 Å². The van der Waals surface area contributed by atoms with Gasteiger partial charge in [-0.25, -0.2) is 0 Å². The summed E-state index contributed by atoms with van der Waals surface area (Å²) in [6, 6.07) is 9.05. The topological polar surface area (TPSA) is 113 Å². The fourth-order valence-corrected chi connectivity index (χ4v) is 4.94. The molecule has 1 aromatic carbocycles. The summed E-state index contributed by atoms with van der Waals surface area (Å²) in [7, 11) is 0. The number of carbonyl (C=O) groups is 2. The molecule has 2 aliphatic rings. The van der Waals surface area contributed by atoms with Gasteiger partial charge in [0.05, 0.1) is 25.5 Å². The van der Waals surface area contributed by atoms with Crippen molar-refractivity contribution < 1.29 is 19.1 Å². The van der Waals surface area contributed by atoms with E-state index in [0.717, 1.165) is 49.7 Å². The number of aliphatic hydroxyl groups excluding tert-OH is 1. The molecule has 1 unspecified atom stereocenters. The Balaban J connectivity index is 1.59. The number of benzene rings is 1. The van der Waals surface area contributed by atoms with Crippen molar-refractivity contribution in [1.82, 2.24) is 20.0 Å². The van der Waals surface area contributed by atoms with Crippen molar-refractivity contribution in [3.63, 3.8) is 0 Å². The van der Waals surface area contributed by atoms with E-state index in [4.69, 9.17) is 5.73 Å². The minimum Gasteiger partial charge on any atom is -0.395 e. The number of hydrogen-bond acceptors (Lipinski definition) is 5. The molecule has 0 radical (unpaired) electrons. The second kappa shape index (κ2) is 10.7. The summed E-state index contributed by atoms with van der Waals surface area (Å²) >= 11 is 0. The highest BCUT2D eigenvalue weighted by molar-refractivity contribution is 6.00. The Kier molecular flexibility index (Phi) is 7.63. The number of hydrogen-bond donors (Lipinski definition) is 3. The summed E-state index contributed by atoms with van der Waals surface area (Å²) in [6.07, 6.45) is 7.78. The smallest absolute Gasteiger partial charge is 0.274 e. The third-order valence-electron chi connectivity index (χ3n) is 6.91. The molecule has 9 heteroatoms. The van der Waals surface area contributed by atoms with E-state index in [0.29, 0.717) is 17.8 Å². The fourth-order valence-electron chi connectivity index (χ4n) is 4.94. The molecule has 1 fully saturated rings. The van der Waals surface area contributed by atoms with Gasteiger partial charge in [-0.15, -0.1) is 0 Å². The van der Waals surface area contributed by atoms with Gasteiger partial charge in [-0.3, -0.25) is 24.4 Å². The third kappa shape index (κ3) is 5.00. The lowest BCUT2D eigenvalue weighted by Crippen LogP contribution is -2.72. The van der Waals surface area contributed by atoms with Gasteiger partial charge in [0.1, 0.15) is 5.69 Å². The summed E-state index contributed by atoms with van der Waals surface area (Å²) < 4.78 is 14.1. The highest BCUT2D eigenvalue weighted by Gasteiger charge is 2.49. The van der Waals surface area contributed by atoms with Gasteiger partial charge in [0.25, 0.3) is 11.8 Å². The van der Waals surface area contributed by atoms with E-state index >= 15 is 0 Å². The predicted octanol–water partition coefficient (Wildman–Crippen LogP) is 2.39. The molecule has 2 aromatic rings. The molecule has 4 N–H and O–H groups in total. The van der Waals surface area contributed by atoms with E-state index in [2.05, 4.69) is 10.4 Å². The lowest BCUT2D eigenvalue weighted by Gasteiger charge is -2.43. The van der Waals surface area contributed by atoms with Crippen molar-refractivity contribution in [2.75, 3.05) is 19.8 Å². The van der Waals surface area contributed by atoms with Crippen LogP contribution in [0.5, 0.6) is 0 Å². The zero-order valence-corrected chi connectivity index (χ0v) is 19.5. The highest BCUT2D eigenvalue weighted by atomic mass is 19.1. The molecule has 0 bridgehead atoms. The number of halogens is 1. The minimum atomic E-state index is -1.65. The first-order chi connectivity index (χ1) is 16.5. The summed E-state index contributed by atoms with van der Waals surface area (Å²) in [5, 5.41) is 17.3. The minimum absolute atomic E-state index is 0.00738. The maximum absolute atomic E-state index is 13.4. The lowest BCUT2D eigenvalue weighted by atomic mass is 9.95. The number of nitrogens with two attached hydrogens (primary N) is 1. The molecule has 2 heterocycles. The Hall–Kier alpha value is -2.78. The van der Waals surface area contributed by atoms with E-state index in [1.54, 1.807) is 6.07 Å². The summed E-state index contributed by atoms with van der Waals surface area (Å²) in [4.78, 5) is 28.0. The monoisotopic (exact) mass is 471 g/mol. The molecule has 1 aromatic heterocycles. The van der Waals surface area contributed by atoms with Crippen LogP contribution in [0, 0.1) is 0 Å². The Bertz CT molecular complexity index is 1000.